The van der Waals surface area contributed by atoms with Crippen molar-refractivity contribution in [3.8, 4) is 0 Å². The Hall–Kier alpha value is -3.12. The van der Waals surface area contributed by atoms with Crippen LogP contribution < -0.4 is 15.5 Å². The molecule has 3 fully saturated rings. The summed E-state index contributed by atoms with van der Waals surface area (Å²) in [6.07, 6.45) is -2.66. The number of aromatic nitrogens is 2. The number of hydrogen-bond donors (Lipinski definition) is 3. The topological polar surface area (TPSA) is 99.0 Å². The molecule has 5 heterocycles. The fraction of sp³-hybridized carbons (Fsp3) is 0.318. The van der Waals surface area contributed by atoms with Crippen LogP contribution in [0.15, 0.2) is 53.0 Å². The molecule has 2 atom stereocenters. The van der Waals surface area contributed by atoms with E-state index >= 15 is 0 Å². The molecule has 8 nitrogen and oxygen atoms in total. The van der Waals surface area contributed by atoms with E-state index in [4.69, 9.17) is 15.0 Å². The summed E-state index contributed by atoms with van der Waals surface area (Å²) in [5.74, 6) is -1.99. The lowest BCUT2D eigenvalue weighted by atomic mass is 9.93. The second kappa shape index (κ2) is 9.63. The van der Waals surface area contributed by atoms with Gasteiger partial charge in [0.15, 0.2) is 0 Å². The van der Waals surface area contributed by atoms with E-state index in [1.165, 1.54) is 12.8 Å². The van der Waals surface area contributed by atoms with Crippen molar-refractivity contribution in [1.29, 1.82) is 0 Å². The third-order valence-corrected chi connectivity index (χ3v) is 6.42. The fourth-order valence-corrected chi connectivity index (χ4v) is 4.43. The molecule has 0 spiro atoms. The molecule has 2 aromatic heterocycles. The van der Waals surface area contributed by atoms with Gasteiger partial charge in [-0.1, -0.05) is 12.1 Å². The number of nitrogens with zero attached hydrogens (tertiary/aromatic N) is 3. The van der Waals surface area contributed by atoms with Crippen molar-refractivity contribution >= 4 is 44.8 Å². The van der Waals surface area contributed by atoms with Gasteiger partial charge in [0, 0.05) is 29.6 Å². The van der Waals surface area contributed by atoms with Crippen molar-refractivity contribution in [2.24, 2.45) is 0 Å². The molecule has 6 rings (SSSR count). The van der Waals surface area contributed by atoms with Crippen molar-refractivity contribution in [2.45, 2.75) is 31.1 Å². The van der Waals surface area contributed by atoms with Gasteiger partial charge in [-0.3, -0.25) is 4.79 Å². The number of carboxylic acid groups (broad SMARTS) is 1. The highest BCUT2D eigenvalue weighted by molar-refractivity contribution is 9.10. The molecule has 3 N–H and O–H groups in total. The molecular weight excluding hydrogens is 519 g/mol. The van der Waals surface area contributed by atoms with E-state index in [0.29, 0.717) is 17.8 Å². The SMILES string of the molecule is O=C(Nc1ccccc1Br)c1ccc2ccc(N3CC4CCC3CN4)nn12.O=C(O)C(F)(F)F. The number of hydrogen-bond acceptors (Lipinski definition) is 5. The van der Waals surface area contributed by atoms with Gasteiger partial charge in [-0.15, -0.1) is 5.10 Å². The van der Waals surface area contributed by atoms with Crippen LogP contribution in [0, 0.1) is 0 Å². The van der Waals surface area contributed by atoms with Crippen LogP contribution in [0.3, 0.4) is 0 Å². The highest BCUT2D eigenvalue weighted by atomic mass is 79.9. The van der Waals surface area contributed by atoms with Crippen LogP contribution in [-0.4, -0.2) is 57.9 Å². The van der Waals surface area contributed by atoms with Crippen LogP contribution in [-0.2, 0) is 4.79 Å². The minimum Gasteiger partial charge on any atom is -0.475 e. The summed E-state index contributed by atoms with van der Waals surface area (Å²) in [6.45, 7) is 1.98. The molecule has 12 heteroatoms. The molecule has 3 saturated heterocycles. The number of rotatable bonds is 3. The van der Waals surface area contributed by atoms with E-state index < -0.39 is 12.1 Å². The van der Waals surface area contributed by atoms with Crippen molar-refractivity contribution in [3.63, 3.8) is 0 Å². The number of amides is 1. The van der Waals surface area contributed by atoms with Gasteiger partial charge in [-0.2, -0.15) is 13.2 Å². The Morgan fingerprint density at radius 2 is 1.82 bits per heavy atom. The summed E-state index contributed by atoms with van der Waals surface area (Å²) in [5, 5.41) is 18.5. The summed E-state index contributed by atoms with van der Waals surface area (Å²) in [7, 11) is 0. The summed E-state index contributed by atoms with van der Waals surface area (Å²) in [4.78, 5) is 24.1. The summed E-state index contributed by atoms with van der Waals surface area (Å²) >= 11 is 3.47. The van der Waals surface area contributed by atoms with Crippen LogP contribution in [0.4, 0.5) is 24.7 Å². The smallest absolute Gasteiger partial charge is 0.475 e. The largest absolute Gasteiger partial charge is 0.490 e. The normalized spacial score (nSPS) is 19.5. The molecule has 2 unspecified atom stereocenters. The number of piperidine rings is 2. The third kappa shape index (κ3) is 5.17. The van der Waals surface area contributed by atoms with Gasteiger partial charge in [0.1, 0.15) is 11.5 Å². The number of para-hydroxylation sites is 1. The molecular formula is C22H21BrF3N5O3. The first kappa shape index (κ1) is 24.0. The van der Waals surface area contributed by atoms with Crippen LogP contribution in [0.25, 0.3) is 5.52 Å². The highest BCUT2D eigenvalue weighted by Gasteiger charge is 2.38. The first-order chi connectivity index (χ1) is 16.1. The number of anilines is 2. The molecule has 34 heavy (non-hydrogen) atoms. The van der Waals surface area contributed by atoms with Crippen molar-refractivity contribution in [2.75, 3.05) is 23.3 Å². The van der Waals surface area contributed by atoms with Gasteiger partial charge in [0.25, 0.3) is 5.91 Å². The van der Waals surface area contributed by atoms with Crippen LogP contribution in [0.1, 0.15) is 23.3 Å². The summed E-state index contributed by atoms with van der Waals surface area (Å²) in [5.41, 5.74) is 2.19. The number of aliphatic carboxylic acids is 1. The molecule has 3 aliphatic rings. The quantitative estimate of drug-likeness (QED) is 0.466. The average molecular weight is 540 g/mol. The molecule has 3 aliphatic heterocycles. The monoisotopic (exact) mass is 539 g/mol. The van der Waals surface area contributed by atoms with Crippen molar-refractivity contribution < 1.29 is 27.9 Å². The van der Waals surface area contributed by atoms with Gasteiger partial charge in [0.2, 0.25) is 0 Å². The number of carbonyl (C=O) groups excluding carboxylic acids is 1. The zero-order chi connectivity index (χ0) is 24.5. The Bertz CT molecular complexity index is 1210. The molecule has 2 bridgehead atoms. The standard InChI is InChI=1S/C20H20BrN5O.C2HF3O2/c21-16-3-1-2-4-17(16)23-20(27)18-9-7-14-8-10-19(24-26(14)18)25-12-13-5-6-15(25)11-22-13;3-2(4,5)1(6)7/h1-4,7-10,13,15,22H,5-6,11-12H2,(H,23,27);(H,6,7). The van der Waals surface area contributed by atoms with Crippen LogP contribution >= 0.6 is 15.9 Å². The van der Waals surface area contributed by atoms with Gasteiger partial charge in [-0.25, -0.2) is 9.31 Å². The number of halogens is 4. The lowest BCUT2D eigenvalue weighted by Gasteiger charge is -2.46. The third-order valence-electron chi connectivity index (χ3n) is 5.73. The lowest BCUT2D eigenvalue weighted by Crippen LogP contribution is -2.61. The number of nitrogens with one attached hydrogen (secondary N) is 2. The van der Waals surface area contributed by atoms with E-state index in [2.05, 4.69) is 37.5 Å². The number of carboxylic acids is 1. The second-order valence-corrected chi connectivity index (χ2v) is 8.83. The van der Waals surface area contributed by atoms with Crippen molar-refractivity contribution in [1.82, 2.24) is 14.9 Å². The Balaban J connectivity index is 0.000000344. The Labute approximate surface area is 200 Å². The fourth-order valence-electron chi connectivity index (χ4n) is 4.04. The van der Waals surface area contributed by atoms with E-state index in [1.807, 2.05) is 42.5 Å². The van der Waals surface area contributed by atoms with Crippen LogP contribution in [0.2, 0.25) is 0 Å². The molecule has 1 amide bonds. The first-order valence-corrected chi connectivity index (χ1v) is 11.3. The maximum absolute atomic E-state index is 12.8. The Morgan fingerprint density at radius 1 is 1.12 bits per heavy atom. The van der Waals surface area contributed by atoms with Gasteiger partial charge in [-0.05, 0) is 65.2 Å². The number of piperazine rings is 1. The number of carbonyl (C=O) groups is 2. The zero-order valence-electron chi connectivity index (χ0n) is 17.7. The second-order valence-electron chi connectivity index (χ2n) is 7.97. The Kier molecular flexibility index (Phi) is 6.80. The highest BCUT2D eigenvalue weighted by Crippen LogP contribution is 2.28. The van der Waals surface area contributed by atoms with E-state index in [9.17, 15) is 18.0 Å². The molecule has 3 aromatic rings. The van der Waals surface area contributed by atoms with E-state index in [0.717, 1.165) is 34.6 Å². The number of benzene rings is 1. The predicted octanol–water partition coefficient (Wildman–Crippen LogP) is 3.92. The molecule has 0 radical (unpaired) electrons. The predicted molar refractivity (Wildman–Crippen MR) is 123 cm³/mol. The van der Waals surface area contributed by atoms with E-state index in [-0.39, 0.29) is 5.91 Å². The molecule has 1 aromatic carbocycles. The summed E-state index contributed by atoms with van der Waals surface area (Å²) < 4.78 is 34.3. The molecule has 180 valence electrons. The van der Waals surface area contributed by atoms with Crippen LogP contribution in [0.5, 0.6) is 0 Å². The maximum Gasteiger partial charge on any atom is 0.490 e. The lowest BCUT2D eigenvalue weighted by molar-refractivity contribution is -0.192. The average Bonchev–Trinajstić information content (AvgIpc) is 3.24. The zero-order valence-corrected chi connectivity index (χ0v) is 19.3. The first-order valence-electron chi connectivity index (χ1n) is 10.5. The maximum atomic E-state index is 12.8. The van der Waals surface area contributed by atoms with Gasteiger partial charge < -0.3 is 20.6 Å². The minimum atomic E-state index is -5.08. The van der Waals surface area contributed by atoms with Gasteiger partial charge in [0.05, 0.1) is 11.2 Å². The minimum absolute atomic E-state index is 0.173. The number of alkyl halides is 3. The van der Waals surface area contributed by atoms with Crippen molar-refractivity contribution in [3.05, 3.63) is 58.7 Å². The molecule has 0 aliphatic carbocycles. The number of fused-ring (bicyclic) bond motifs is 4. The van der Waals surface area contributed by atoms with E-state index in [1.54, 1.807) is 4.52 Å². The van der Waals surface area contributed by atoms with Gasteiger partial charge >= 0.3 is 12.1 Å². The molecule has 0 saturated carbocycles. The summed E-state index contributed by atoms with van der Waals surface area (Å²) in [6, 6.07) is 16.4. The Morgan fingerprint density at radius 3 is 2.41 bits per heavy atom.